The van der Waals surface area contributed by atoms with Crippen LogP contribution in [0.25, 0.3) is 0 Å². The Labute approximate surface area is 115 Å². The second kappa shape index (κ2) is 6.71. The van der Waals surface area contributed by atoms with Gasteiger partial charge in [0.2, 0.25) is 5.91 Å². The third-order valence-corrected chi connectivity index (χ3v) is 4.05. The number of benzene rings is 1. The van der Waals surface area contributed by atoms with E-state index in [1.807, 2.05) is 6.07 Å². The standard InChI is InChI=1S/C16H24N2O/c1-12-6-3-4-7-14(12)9-11-18-16(19)15-8-5-10-17-13(15)2/h3-4,6-7,13,15,17H,5,8-11H2,1-2H3,(H,18,19). The van der Waals surface area contributed by atoms with Crippen molar-refractivity contribution in [1.82, 2.24) is 10.6 Å². The first-order valence-corrected chi connectivity index (χ1v) is 7.24. The van der Waals surface area contributed by atoms with E-state index < -0.39 is 0 Å². The number of hydrogen-bond donors (Lipinski definition) is 2. The van der Waals surface area contributed by atoms with E-state index in [2.05, 4.69) is 42.7 Å². The van der Waals surface area contributed by atoms with E-state index in [9.17, 15) is 4.79 Å². The highest BCUT2D eigenvalue weighted by Crippen LogP contribution is 2.16. The van der Waals surface area contributed by atoms with Crippen LogP contribution in [0.1, 0.15) is 30.9 Å². The smallest absolute Gasteiger partial charge is 0.224 e. The van der Waals surface area contributed by atoms with Crippen LogP contribution in [0.5, 0.6) is 0 Å². The summed E-state index contributed by atoms with van der Waals surface area (Å²) in [5, 5.41) is 6.45. The number of aryl methyl sites for hydroxylation is 1. The van der Waals surface area contributed by atoms with Crippen molar-refractivity contribution in [2.24, 2.45) is 5.92 Å². The lowest BCUT2D eigenvalue weighted by Crippen LogP contribution is -2.47. The average molecular weight is 260 g/mol. The summed E-state index contributed by atoms with van der Waals surface area (Å²) in [6.45, 7) is 5.98. The van der Waals surface area contributed by atoms with Crippen LogP contribution in [0.15, 0.2) is 24.3 Å². The van der Waals surface area contributed by atoms with Crippen LogP contribution in [0.3, 0.4) is 0 Å². The van der Waals surface area contributed by atoms with Gasteiger partial charge in [0.1, 0.15) is 0 Å². The van der Waals surface area contributed by atoms with Gasteiger partial charge in [-0.05, 0) is 50.8 Å². The van der Waals surface area contributed by atoms with Gasteiger partial charge >= 0.3 is 0 Å². The maximum atomic E-state index is 12.1. The molecule has 0 spiro atoms. The molecule has 104 valence electrons. The van der Waals surface area contributed by atoms with Gasteiger partial charge in [0.25, 0.3) is 0 Å². The summed E-state index contributed by atoms with van der Waals surface area (Å²) in [4.78, 5) is 12.1. The zero-order valence-corrected chi connectivity index (χ0v) is 11.9. The molecule has 1 heterocycles. The van der Waals surface area contributed by atoms with Crippen molar-refractivity contribution in [1.29, 1.82) is 0 Å². The topological polar surface area (TPSA) is 41.1 Å². The molecule has 1 fully saturated rings. The molecule has 2 N–H and O–H groups in total. The number of hydrogen-bond acceptors (Lipinski definition) is 2. The Morgan fingerprint density at radius 1 is 1.42 bits per heavy atom. The summed E-state index contributed by atoms with van der Waals surface area (Å²) >= 11 is 0. The molecule has 3 nitrogen and oxygen atoms in total. The van der Waals surface area contributed by atoms with E-state index in [1.165, 1.54) is 11.1 Å². The Kier molecular flexibility index (Phi) is 4.97. The van der Waals surface area contributed by atoms with Gasteiger partial charge in [-0.1, -0.05) is 24.3 Å². The molecule has 0 saturated carbocycles. The van der Waals surface area contributed by atoms with Crippen molar-refractivity contribution < 1.29 is 4.79 Å². The molecule has 2 rings (SSSR count). The summed E-state index contributed by atoms with van der Waals surface area (Å²) in [7, 11) is 0. The molecule has 0 aliphatic carbocycles. The van der Waals surface area contributed by atoms with E-state index >= 15 is 0 Å². The normalized spacial score (nSPS) is 23.1. The zero-order valence-electron chi connectivity index (χ0n) is 11.9. The van der Waals surface area contributed by atoms with Gasteiger partial charge in [0, 0.05) is 12.6 Å². The summed E-state index contributed by atoms with van der Waals surface area (Å²) in [5.74, 6) is 0.332. The molecule has 3 heteroatoms. The van der Waals surface area contributed by atoms with Crippen molar-refractivity contribution in [3.05, 3.63) is 35.4 Å². The fourth-order valence-electron chi connectivity index (χ4n) is 2.74. The van der Waals surface area contributed by atoms with Gasteiger partial charge in [-0.3, -0.25) is 4.79 Å². The molecule has 19 heavy (non-hydrogen) atoms. The largest absolute Gasteiger partial charge is 0.355 e. The first kappa shape index (κ1) is 14.1. The van der Waals surface area contributed by atoms with Gasteiger partial charge in [-0.25, -0.2) is 0 Å². The van der Waals surface area contributed by atoms with E-state index in [0.717, 1.165) is 32.4 Å². The summed E-state index contributed by atoms with van der Waals surface area (Å²) < 4.78 is 0. The highest BCUT2D eigenvalue weighted by molar-refractivity contribution is 5.79. The monoisotopic (exact) mass is 260 g/mol. The molecular weight excluding hydrogens is 236 g/mol. The van der Waals surface area contributed by atoms with Gasteiger partial charge in [0.15, 0.2) is 0 Å². The average Bonchev–Trinajstić information content (AvgIpc) is 2.41. The first-order valence-electron chi connectivity index (χ1n) is 7.24. The summed E-state index contributed by atoms with van der Waals surface area (Å²) in [6.07, 6.45) is 3.01. The molecule has 1 aromatic carbocycles. The third-order valence-electron chi connectivity index (χ3n) is 4.05. The molecule has 2 atom stereocenters. The zero-order chi connectivity index (χ0) is 13.7. The SMILES string of the molecule is Cc1ccccc1CCNC(=O)C1CCCNC1C. The maximum Gasteiger partial charge on any atom is 0.224 e. The van der Waals surface area contributed by atoms with Crippen molar-refractivity contribution in [3.8, 4) is 0 Å². The minimum absolute atomic E-state index is 0.130. The van der Waals surface area contributed by atoms with Crippen LogP contribution < -0.4 is 10.6 Å². The van der Waals surface area contributed by atoms with Crippen LogP contribution in [0.2, 0.25) is 0 Å². The van der Waals surface area contributed by atoms with E-state index in [4.69, 9.17) is 0 Å². The van der Waals surface area contributed by atoms with Gasteiger partial charge in [0.05, 0.1) is 5.92 Å². The van der Waals surface area contributed by atoms with E-state index in [0.29, 0.717) is 6.04 Å². The minimum atomic E-state index is 0.130. The van der Waals surface area contributed by atoms with Crippen LogP contribution in [0, 0.1) is 12.8 Å². The third kappa shape index (κ3) is 3.80. The Morgan fingerprint density at radius 3 is 2.95 bits per heavy atom. The number of nitrogens with one attached hydrogen (secondary N) is 2. The van der Waals surface area contributed by atoms with E-state index in [1.54, 1.807) is 0 Å². The number of amides is 1. The van der Waals surface area contributed by atoms with Crippen molar-refractivity contribution in [3.63, 3.8) is 0 Å². The lowest BCUT2D eigenvalue weighted by atomic mass is 9.91. The second-order valence-electron chi connectivity index (χ2n) is 5.46. The molecule has 0 bridgehead atoms. The number of carbonyl (C=O) groups excluding carboxylic acids is 1. The molecule has 1 aromatic rings. The summed E-state index contributed by atoms with van der Waals surface area (Å²) in [6, 6.07) is 8.65. The Hall–Kier alpha value is -1.35. The number of piperidine rings is 1. The molecular formula is C16H24N2O. The Morgan fingerprint density at radius 2 is 2.21 bits per heavy atom. The summed E-state index contributed by atoms with van der Waals surface area (Å²) in [5.41, 5.74) is 2.61. The van der Waals surface area contributed by atoms with Crippen LogP contribution in [-0.2, 0) is 11.2 Å². The van der Waals surface area contributed by atoms with Crippen LogP contribution >= 0.6 is 0 Å². The molecule has 1 amide bonds. The molecule has 1 aliphatic rings. The lowest BCUT2D eigenvalue weighted by molar-refractivity contribution is -0.126. The molecule has 0 aromatic heterocycles. The first-order chi connectivity index (χ1) is 9.18. The van der Waals surface area contributed by atoms with E-state index in [-0.39, 0.29) is 11.8 Å². The number of carbonyl (C=O) groups is 1. The fourth-order valence-corrected chi connectivity index (χ4v) is 2.74. The van der Waals surface area contributed by atoms with Crippen molar-refractivity contribution in [2.75, 3.05) is 13.1 Å². The van der Waals surface area contributed by atoms with Crippen LogP contribution in [0.4, 0.5) is 0 Å². The lowest BCUT2D eigenvalue weighted by Gasteiger charge is -2.28. The van der Waals surface area contributed by atoms with Crippen molar-refractivity contribution in [2.45, 2.75) is 39.2 Å². The molecule has 1 aliphatic heterocycles. The predicted octanol–water partition coefficient (Wildman–Crippen LogP) is 2.04. The van der Waals surface area contributed by atoms with Crippen molar-refractivity contribution >= 4 is 5.91 Å². The van der Waals surface area contributed by atoms with Crippen LogP contribution in [-0.4, -0.2) is 25.0 Å². The quantitative estimate of drug-likeness (QED) is 0.870. The van der Waals surface area contributed by atoms with Gasteiger partial charge in [-0.15, -0.1) is 0 Å². The number of rotatable bonds is 4. The Balaban J connectivity index is 1.79. The fraction of sp³-hybridized carbons (Fsp3) is 0.562. The second-order valence-corrected chi connectivity index (χ2v) is 5.46. The maximum absolute atomic E-state index is 12.1. The highest BCUT2D eigenvalue weighted by Gasteiger charge is 2.26. The Bertz CT molecular complexity index is 431. The molecule has 0 radical (unpaired) electrons. The predicted molar refractivity (Wildman–Crippen MR) is 78.1 cm³/mol. The van der Waals surface area contributed by atoms with Gasteiger partial charge in [-0.2, -0.15) is 0 Å². The van der Waals surface area contributed by atoms with Gasteiger partial charge < -0.3 is 10.6 Å². The molecule has 2 unspecified atom stereocenters. The highest BCUT2D eigenvalue weighted by atomic mass is 16.1. The molecule has 1 saturated heterocycles. The minimum Gasteiger partial charge on any atom is -0.355 e.